The second-order valence-corrected chi connectivity index (χ2v) is 4.90. The molecule has 6 heteroatoms. The van der Waals surface area contributed by atoms with Gasteiger partial charge in [0, 0.05) is 12.7 Å². The molecular weight excluding hydrogens is 406 g/mol. The van der Waals surface area contributed by atoms with Crippen LogP contribution in [0.1, 0.15) is 31.1 Å². The van der Waals surface area contributed by atoms with Gasteiger partial charge >= 0.3 is 0 Å². The third-order valence-electron chi connectivity index (χ3n) is 3.22. The summed E-state index contributed by atoms with van der Waals surface area (Å²) in [5.41, 5.74) is 1.50. The van der Waals surface area contributed by atoms with Crippen molar-refractivity contribution in [3.63, 3.8) is 0 Å². The van der Waals surface area contributed by atoms with Crippen LogP contribution in [-0.2, 0) is 6.54 Å². The van der Waals surface area contributed by atoms with Crippen LogP contribution >= 0.6 is 24.0 Å². The zero-order valence-electron chi connectivity index (χ0n) is 13.3. The minimum atomic E-state index is -0.335. The van der Waals surface area contributed by atoms with Crippen molar-refractivity contribution < 1.29 is 4.39 Å². The lowest BCUT2D eigenvalue weighted by Gasteiger charge is -2.18. The first-order valence-corrected chi connectivity index (χ1v) is 7.40. The quantitative estimate of drug-likeness (QED) is 0.434. The van der Waals surface area contributed by atoms with Gasteiger partial charge in [0.2, 0.25) is 0 Å². The van der Waals surface area contributed by atoms with Gasteiger partial charge < -0.3 is 10.6 Å². The van der Waals surface area contributed by atoms with Crippen molar-refractivity contribution in [2.45, 2.75) is 26.4 Å². The molecule has 1 heterocycles. The fourth-order valence-electron chi connectivity index (χ4n) is 2.04. The molecule has 0 aliphatic heterocycles. The highest BCUT2D eigenvalue weighted by Crippen LogP contribution is 2.11. The van der Waals surface area contributed by atoms with Crippen molar-refractivity contribution in [2.75, 3.05) is 6.54 Å². The van der Waals surface area contributed by atoms with Crippen LogP contribution in [0.5, 0.6) is 0 Å². The lowest BCUT2D eigenvalue weighted by atomic mass is 10.1. The smallest absolute Gasteiger partial charge is 0.192 e. The summed E-state index contributed by atoms with van der Waals surface area (Å²) in [6.45, 7) is 4.98. The maximum absolute atomic E-state index is 13.6. The number of aliphatic imine (C=N–C) groups is 1. The van der Waals surface area contributed by atoms with Gasteiger partial charge in [-0.25, -0.2) is 9.38 Å². The van der Waals surface area contributed by atoms with Gasteiger partial charge in [0.25, 0.3) is 0 Å². The van der Waals surface area contributed by atoms with Crippen LogP contribution in [0.2, 0.25) is 0 Å². The van der Waals surface area contributed by atoms with E-state index in [0.29, 0.717) is 11.7 Å². The average molecular weight is 428 g/mol. The van der Waals surface area contributed by atoms with E-state index >= 15 is 0 Å². The van der Waals surface area contributed by atoms with Gasteiger partial charge in [-0.05, 0) is 31.5 Å². The molecule has 0 amide bonds. The number of rotatable bonds is 5. The molecule has 0 fully saturated rings. The van der Waals surface area contributed by atoms with E-state index < -0.39 is 0 Å². The van der Waals surface area contributed by atoms with E-state index in [9.17, 15) is 4.39 Å². The number of benzene rings is 1. The standard InChI is InChI=1S/C17H21FN4.HI/c1-3-19-17(21-12-16-15(18)10-7-11-20-16)22-13(2)14-8-5-4-6-9-14;/h4-11,13H,3,12H2,1-2H3,(H2,19,21,22);1H. The number of hydrogen-bond donors (Lipinski definition) is 2. The number of aromatic nitrogens is 1. The molecule has 2 rings (SSSR count). The molecule has 0 saturated heterocycles. The van der Waals surface area contributed by atoms with E-state index in [1.165, 1.54) is 6.07 Å². The zero-order chi connectivity index (χ0) is 15.8. The Hall–Kier alpha value is -1.70. The van der Waals surface area contributed by atoms with E-state index in [0.717, 1.165) is 12.1 Å². The predicted molar refractivity (Wildman–Crippen MR) is 102 cm³/mol. The van der Waals surface area contributed by atoms with Crippen molar-refractivity contribution in [3.05, 3.63) is 65.7 Å². The number of pyridine rings is 1. The fraction of sp³-hybridized carbons (Fsp3) is 0.294. The summed E-state index contributed by atoms with van der Waals surface area (Å²) in [5, 5.41) is 6.47. The Morgan fingerprint density at radius 3 is 2.61 bits per heavy atom. The molecular formula is C17H22FIN4. The molecule has 0 bridgehead atoms. The van der Waals surface area contributed by atoms with Crippen molar-refractivity contribution in [2.24, 2.45) is 4.99 Å². The van der Waals surface area contributed by atoms with Gasteiger partial charge in [0.1, 0.15) is 5.82 Å². The van der Waals surface area contributed by atoms with Crippen LogP contribution in [0.4, 0.5) is 4.39 Å². The zero-order valence-corrected chi connectivity index (χ0v) is 15.6. The predicted octanol–water partition coefficient (Wildman–Crippen LogP) is 3.66. The SMILES string of the molecule is CCNC(=NCc1ncccc1F)NC(C)c1ccccc1.I. The van der Waals surface area contributed by atoms with Gasteiger partial charge in [-0.2, -0.15) is 0 Å². The van der Waals surface area contributed by atoms with Crippen LogP contribution in [0.25, 0.3) is 0 Å². The lowest BCUT2D eigenvalue weighted by molar-refractivity contribution is 0.598. The van der Waals surface area contributed by atoms with Gasteiger partial charge in [0.05, 0.1) is 18.3 Å². The topological polar surface area (TPSA) is 49.3 Å². The summed E-state index contributed by atoms with van der Waals surface area (Å²) in [4.78, 5) is 8.41. The molecule has 0 aliphatic carbocycles. The van der Waals surface area contributed by atoms with Crippen molar-refractivity contribution in [1.29, 1.82) is 0 Å². The Kier molecular flexibility index (Phi) is 8.53. The summed E-state index contributed by atoms with van der Waals surface area (Å²) in [5.74, 6) is 0.308. The maximum atomic E-state index is 13.6. The Labute approximate surface area is 153 Å². The Bertz CT molecular complexity index is 619. The van der Waals surface area contributed by atoms with E-state index in [1.54, 1.807) is 12.3 Å². The molecule has 1 aromatic carbocycles. The van der Waals surface area contributed by atoms with E-state index in [4.69, 9.17) is 0 Å². The number of guanidine groups is 1. The monoisotopic (exact) mass is 428 g/mol. The fourth-order valence-corrected chi connectivity index (χ4v) is 2.04. The second-order valence-electron chi connectivity index (χ2n) is 4.90. The van der Waals surface area contributed by atoms with Crippen molar-refractivity contribution in [3.8, 4) is 0 Å². The molecule has 1 aromatic heterocycles. The molecule has 2 aromatic rings. The van der Waals surface area contributed by atoms with Crippen LogP contribution in [0, 0.1) is 5.82 Å². The average Bonchev–Trinajstić information content (AvgIpc) is 2.55. The second kappa shape index (κ2) is 10.1. The third kappa shape index (κ3) is 6.13. The van der Waals surface area contributed by atoms with Crippen LogP contribution < -0.4 is 10.6 Å². The van der Waals surface area contributed by atoms with Crippen molar-refractivity contribution >= 4 is 29.9 Å². The van der Waals surface area contributed by atoms with Crippen LogP contribution in [0.15, 0.2) is 53.7 Å². The van der Waals surface area contributed by atoms with E-state index in [-0.39, 0.29) is 42.4 Å². The van der Waals surface area contributed by atoms with E-state index in [2.05, 4.69) is 39.7 Å². The molecule has 0 saturated carbocycles. The first-order valence-electron chi connectivity index (χ1n) is 7.40. The highest BCUT2D eigenvalue weighted by atomic mass is 127. The normalized spacial score (nSPS) is 12.2. The minimum absolute atomic E-state index is 0. The Balaban J connectivity index is 0.00000264. The maximum Gasteiger partial charge on any atom is 0.192 e. The Morgan fingerprint density at radius 1 is 1.22 bits per heavy atom. The molecule has 1 unspecified atom stereocenters. The number of nitrogens with one attached hydrogen (secondary N) is 2. The molecule has 0 spiro atoms. The first-order chi connectivity index (χ1) is 10.7. The molecule has 2 N–H and O–H groups in total. The first kappa shape index (κ1) is 19.3. The summed E-state index contributed by atoms with van der Waals surface area (Å²) in [6.07, 6.45) is 1.57. The third-order valence-corrected chi connectivity index (χ3v) is 3.22. The number of nitrogens with zero attached hydrogens (tertiary/aromatic N) is 2. The summed E-state index contributed by atoms with van der Waals surface area (Å²) in [6, 6.07) is 13.2. The van der Waals surface area contributed by atoms with Gasteiger partial charge in [0.15, 0.2) is 5.96 Å². The van der Waals surface area contributed by atoms with Gasteiger partial charge in [-0.3, -0.25) is 4.98 Å². The molecule has 4 nitrogen and oxygen atoms in total. The van der Waals surface area contributed by atoms with E-state index in [1.807, 2.05) is 25.1 Å². The highest BCUT2D eigenvalue weighted by molar-refractivity contribution is 14.0. The van der Waals surface area contributed by atoms with Crippen molar-refractivity contribution in [1.82, 2.24) is 15.6 Å². The summed E-state index contributed by atoms with van der Waals surface area (Å²) < 4.78 is 13.6. The molecule has 1 atom stereocenters. The molecule has 0 aliphatic rings. The number of halogens is 2. The lowest BCUT2D eigenvalue weighted by Crippen LogP contribution is -2.38. The van der Waals surface area contributed by atoms with Crippen LogP contribution in [0.3, 0.4) is 0 Å². The minimum Gasteiger partial charge on any atom is -0.357 e. The van der Waals surface area contributed by atoms with Gasteiger partial charge in [-0.1, -0.05) is 30.3 Å². The van der Waals surface area contributed by atoms with Crippen LogP contribution in [-0.4, -0.2) is 17.5 Å². The molecule has 23 heavy (non-hydrogen) atoms. The Morgan fingerprint density at radius 2 is 1.96 bits per heavy atom. The summed E-state index contributed by atoms with van der Waals surface area (Å²) >= 11 is 0. The number of hydrogen-bond acceptors (Lipinski definition) is 2. The highest BCUT2D eigenvalue weighted by Gasteiger charge is 2.08. The molecule has 124 valence electrons. The summed E-state index contributed by atoms with van der Waals surface area (Å²) in [7, 11) is 0. The van der Waals surface area contributed by atoms with Gasteiger partial charge in [-0.15, -0.1) is 24.0 Å². The largest absolute Gasteiger partial charge is 0.357 e. The molecule has 0 radical (unpaired) electrons.